The molecule has 0 aromatic rings. The summed E-state index contributed by atoms with van der Waals surface area (Å²) >= 11 is 0. The highest BCUT2D eigenvalue weighted by atomic mass is 16.7. The molecule has 344 valence electrons. The lowest BCUT2D eigenvalue weighted by Crippen LogP contribution is -2.56. The van der Waals surface area contributed by atoms with Crippen LogP contribution in [0, 0.1) is 80.8 Å². The number of nitrogens with zero attached hydrogens (tertiary/aromatic N) is 2. The monoisotopic (exact) mass is 857 g/mol. The van der Waals surface area contributed by atoms with Crippen molar-refractivity contribution < 1.29 is 28.9 Å². The Hall–Kier alpha value is -2.72. The van der Waals surface area contributed by atoms with E-state index in [4.69, 9.17) is 21.1 Å². The Morgan fingerprint density at radius 2 is 1.00 bits per heavy atom. The van der Waals surface area contributed by atoms with E-state index in [9.17, 15) is 19.2 Å². The third-order valence-corrected chi connectivity index (χ3v) is 20.1. The first-order valence-corrected chi connectivity index (χ1v) is 25.5. The van der Waals surface area contributed by atoms with Gasteiger partial charge in [-0.25, -0.2) is 9.59 Å². The van der Waals surface area contributed by atoms with E-state index in [1.165, 1.54) is 38.5 Å². The van der Waals surface area contributed by atoms with Crippen LogP contribution in [0.25, 0.3) is 0 Å². The van der Waals surface area contributed by atoms with Crippen molar-refractivity contribution in [2.45, 2.75) is 182 Å². The van der Waals surface area contributed by atoms with Gasteiger partial charge in [-0.3, -0.25) is 9.59 Å². The molecule has 8 aliphatic carbocycles. The zero-order chi connectivity index (χ0) is 43.9. The molecule has 8 aliphatic rings. The minimum Gasteiger partial charge on any atom is -0.330 e. The molecular weight excluding hydrogens is 777 g/mol. The predicted octanol–water partition coefficient (Wildman–Crippen LogP) is 10.1. The van der Waals surface area contributed by atoms with Gasteiger partial charge in [0.05, 0.1) is 11.4 Å². The van der Waals surface area contributed by atoms with Crippen LogP contribution in [0.1, 0.15) is 182 Å². The normalized spacial score (nSPS) is 43.7. The SMILES string of the molecule is C[C@]12CCC(CCCCCN)CC1C(=NOC(=O)/C=C/C(=O)O/N=C1/C[C@@H]3[C@@H](CC[C@]4(C)C(=O)CC[C@@H]34)[C@@]3(C)CCC(CCCCCN)CC13)C[C@@H]1[C@H]2CC[C@]2(C)C(=O)CC[C@@H]12. The average Bonchev–Trinajstić information content (AvgIpc) is 3.74. The molecule has 4 unspecified atom stereocenters. The number of Topliss-reactive ketones (excluding diaryl/α,β-unsaturated/α-hetero) is 2. The Morgan fingerprint density at radius 3 is 1.40 bits per heavy atom. The van der Waals surface area contributed by atoms with Gasteiger partial charge in [0.25, 0.3) is 0 Å². The molecule has 10 heteroatoms. The van der Waals surface area contributed by atoms with Crippen LogP contribution >= 0.6 is 0 Å². The largest absolute Gasteiger partial charge is 0.358 e. The number of hydrogen-bond acceptors (Lipinski definition) is 10. The van der Waals surface area contributed by atoms with Crippen LogP contribution in [-0.4, -0.2) is 48.0 Å². The van der Waals surface area contributed by atoms with Crippen LogP contribution < -0.4 is 11.5 Å². The molecule has 8 fully saturated rings. The van der Waals surface area contributed by atoms with Gasteiger partial charge in [-0.1, -0.05) is 76.5 Å². The zero-order valence-corrected chi connectivity index (χ0v) is 38.8. The first-order valence-electron chi connectivity index (χ1n) is 25.5. The fraction of sp³-hybridized carbons (Fsp3) is 0.846. The molecule has 0 aromatic heterocycles. The standard InChI is InChI=1S/C52H80N4O6/c1-49-23-19-33(11-7-5-9-27-53)29-41(49)43(31-35-37-13-15-45(57)51(37,3)25-21-39(35)49)55-61-47(59)17-18-48(60)62-56-44-32-36-38-14-16-46(58)52(38,4)26-22-40(36)50(2)24-20-34(30-42(44)50)12-8-6-10-28-54/h17-18,33-42H,5-16,19-32,53-54H2,1-4H3/b18-17+,55-43-,56-44?/t33?,34?,35-,36-,37-,38-,39+,40+,41?,42?,49+,50+,51-,52-/m0/s1. The zero-order valence-electron chi connectivity index (χ0n) is 38.8. The van der Waals surface area contributed by atoms with E-state index in [0.29, 0.717) is 71.8 Å². The van der Waals surface area contributed by atoms with Crippen LogP contribution in [0.15, 0.2) is 22.5 Å². The fourth-order valence-corrected chi connectivity index (χ4v) is 16.5. The number of ketones is 2. The molecule has 8 saturated carbocycles. The van der Waals surface area contributed by atoms with Gasteiger partial charge < -0.3 is 21.1 Å². The van der Waals surface area contributed by atoms with E-state index in [1.807, 2.05) is 0 Å². The van der Waals surface area contributed by atoms with Gasteiger partial charge in [0.1, 0.15) is 11.6 Å². The van der Waals surface area contributed by atoms with E-state index in [1.54, 1.807) is 0 Å². The summed E-state index contributed by atoms with van der Waals surface area (Å²) in [5, 5.41) is 9.35. The molecule has 0 aliphatic heterocycles. The van der Waals surface area contributed by atoms with Crippen molar-refractivity contribution in [1.29, 1.82) is 0 Å². The molecule has 0 bridgehead atoms. The van der Waals surface area contributed by atoms with Gasteiger partial charge in [-0.15, -0.1) is 0 Å². The van der Waals surface area contributed by atoms with Gasteiger partial charge >= 0.3 is 11.9 Å². The third kappa shape index (κ3) is 8.48. The predicted molar refractivity (Wildman–Crippen MR) is 242 cm³/mol. The van der Waals surface area contributed by atoms with E-state index < -0.39 is 11.9 Å². The van der Waals surface area contributed by atoms with E-state index in [-0.39, 0.29) is 33.5 Å². The molecule has 8 rings (SSSR count). The number of rotatable bonds is 14. The Morgan fingerprint density at radius 1 is 0.581 bits per heavy atom. The Labute approximate surface area is 372 Å². The average molecular weight is 857 g/mol. The van der Waals surface area contributed by atoms with Crippen molar-refractivity contribution in [2.24, 2.45) is 103 Å². The second-order valence-electron chi connectivity index (χ2n) is 23.0. The highest BCUT2D eigenvalue weighted by Crippen LogP contribution is 2.67. The summed E-state index contributed by atoms with van der Waals surface area (Å²) in [5.41, 5.74) is 13.1. The van der Waals surface area contributed by atoms with Crippen molar-refractivity contribution >= 4 is 34.9 Å². The molecule has 0 amide bonds. The second-order valence-corrected chi connectivity index (χ2v) is 23.0. The molecular formula is C52H80N4O6. The quantitative estimate of drug-likeness (QED) is 0.0755. The number of unbranched alkanes of at least 4 members (excludes halogenated alkanes) is 4. The minimum atomic E-state index is -0.699. The van der Waals surface area contributed by atoms with Gasteiger partial charge in [-0.05, 0) is 174 Å². The molecule has 0 radical (unpaired) electrons. The smallest absolute Gasteiger partial charge is 0.330 e. The minimum absolute atomic E-state index is 0.0509. The van der Waals surface area contributed by atoms with Crippen LogP contribution in [0.5, 0.6) is 0 Å². The number of carbonyl (C=O) groups is 4. The molecule has 62 heavy (non-hydrogen) atoms. The summed E-state index contributed by atoms with van der Waals surface area (Å²) in [6.07, 6.45) is 27.1. The van der Waals surface area contributed by atoms with Crippen molar-refractivity contribution in [3.63, 3.8) is 0 Å². The molecule has 14 atom stereocenters. The van der Waals surface area contributed by atoms with Gasteiger partial charge in [0.15, 0.2) is 0 Å². The maximum atomic E-state index is 13.3. The summed E-state index contributed by atoms with van der Waals surface area (Å²) in [7, 11) is 0. The number of fused-ring (bicyclic) bond motifs is 10. The van der Waals surface area contributed by atoms with Crippen LogP contribution in [-0.2, 0) is 28.9 Å². The third-order valence-electron chi connectivity index (χ3n) is 20.1. The molecule has 10 nitrogen and oxygen atoms in total. The Bertz CT molecular complexity index is 1670. The van der Waals surface area contributed by atoms with Crippen LogP contribution in [0.4, 0.5) is 0 Å². The number of hydrogen-bond donors (Lipinski definition) is 2. The Balaban J connectivity index is 0.964. The lowest BCUT2D eigenvalue weighted by Gasteiger charge is -2.60. The summed E-state index contributed by atoms with van der Waals surface area (Å²) < 4.78 is 0. The number of nitrogens with two attached hydrogens (primary N) is 2. The van der Waals surface area contributed by atoms with Gasteiger partial charge in [0, 0.05) is 47.7 Å². The second kappa shape index (κ2) is 18.6. The van der Waals surface area contributed by atoms with Gasteiger partial charge in [-0.2, -0.15) is 0 Å². The molecule has 0 heterocycles. The van der Waals surface area contributed by atoms with Crippen LogP contribution in [0.2, 0.25) is 0 Å². The summed E-state index contributed by atoms with van der Waals surface area (Å²) in [5.74, 6) is 3.59. The Kier molecular flexibility index (Phi) is 13.8. The lowest BCUT2D eigenvalue weighted by molar-refractivity contribution is -0.141. The van der Waals surface area contributed by atoms with Crippen molar-refractivity contribution in [3.05, 3.63) is 12.2 Å². The maximum Gasteiger partial charge on any atom is 0.358 e. The molecule has 0 spiro atoms. The van der Waals surface area contributed by atoms with E-state index >= 15 is 0 Å². The van der Waals surface area contributed by atoms with Crippen LogP contribution in [0.3, 0.4) is 0 Å². The van der Waals surface area contributed by atoms with E-state index in [0.717, 1.165) is 139 Å². The highest BCUT2D eigenvalue weighted by molar-refractivity contribution is 5.95. The summed E-state index contributed by atoms with van der Waals surface area (Å²) in [4.78, 5) is 64.4. The lowest BCUT2D eigenvalue weighted by atomic mass is 9.44. The van der Waals surface area contributed by atoms with Crippen molar-refractivity contribution in [2.75, 3.05) is 13.1 Å². The number of carbonyl (C=O) groups excluding carboxylic acids is 4. The highest BCUT2D eigenvalue weighted by Gasteiger charge is 2.63. The molecule has 0 aromatic carbocycles. The fourth-order valence-electron chi connectivity index (χ4n) is 16.5. The molecule has 0 saturated heterocycles. The summed E-state index contributed by atoms with van der Waals surface area (Å²) in [6, 6.07) is 0. The summed E-state index contributed by atoms with van der Waals surface area (Å²) in [6.45, 7) is 10.8. The molecule has 4 N–H and O–H groups in total. The first-order chi connectivity index (χ1) is 29.7. The topological polar surface area (TPSA) is 164 Å². The maximum absolute atomic E-state index is 13.3. The van der Waals surface area contributed by atoms with Crippen molar-refractivity contribution in [3.8, 4) is 0 Å². The van der Waals surface area contributed by atoms with Gasteiger partial charge in [0.2, 0.25) is 0 Å². The van der Waals surface area contributed by atoms with Crippen molar-refractivity contribution in [1.82, 2.24) is 0 Å². The first kappa shape index (κ1) is 45.8. The van der Waals surface area contributed by atoms with E-state index in [2.05, 4.69) is 38.0 Å². The number of oxime groups is 2.